The Hall–Kier alpha value is -2.63. The van der Waals surface area contributed by atoms with Crippen molar-refractivity contribution in [1.29, 1.82) is 0 Å². The highest BCUT2D eigenvalue weighted by Gasteiger charge is 2.27. The minimum Gasteiger partial charge on any atom is -0.457 e. The zero-order valence-corrected chi connectivity index (χ0v) is 13.8. The van der Waals surface area contributed by atoms with E-state index < -0.39 is 17.9 Å². The second kappa shape index (κ2) is 6.24. The molecule has 0 spiro atoms. The van der Waals surface area contributed by atoms with Crippen LogP contribution in [-0.4, -0.2) is 28.6 Å². The number of Topliss-reactive ketones (excluding diaryl/α,β-unsaturated/α-hetero) is 2. The van der Waals surface area contributed by atoms with Gasteiger partial charge in [0.15, 0.2) is 11.9 Å². The summed E-state index contributed by atoms with van der Waals surface area (Å²) in [4.78, 5) is 39.0. The van der Waals surface area contributed by atoms with Crippen LogP contribution in [0.25, 0.3) is 0 Å². The largest absolute Gasteiger partial charge is 0.457 e. The van der Waals surface area contributed by atoms with Gasteiger partial charge < -0.3 is 14.1 Å². The van der Waals surface area contributed by atoms with E-state index in [2.05, 4.69) is 4.98 Å². The number of aryl methyl sites for hydroxylation is 2. The Morgan fingerprint density at radius 1 is 1.22 bits per heavy atom. The van der Waals surface area contributed by atoms with E-state index in [1.807, 2.05) is 0 Å². The molecule has 0 bridgehead atoms. The van der Waals surface area contributed by atoms with Gasteiger partial charge in [0.25, 0.3) is 0 Å². The first-order valence-corrected chi connectivity index (χ1v) is 7.23. The second-order valence-corrected chi connectivity index (χ2v) is 5.53. The predicted molar refractivity (Wildman–Crippen MR) is 82.9 cm³/mol. The van der Waals surface area contributed by atoms with Gasteiger partial charge in [-0.1, -0.05) is 0 Å². The van der Waals surface area contributed by atoms with Gasteiger partial charge in [0.1, 0.15) is 0 Å². The first-order chi connectivity index (χ1) is 10.7. The molecule has 0 saturated carbocycles. The molecule has 6 nitrogen and oxygen atoms in total. The fraction of sp³-hybridized carbons (Fsp3) is 0.353. The summed E-state index contributed by atoms with van der Waals surface area (Å²) in [5.41, 5.74) is 2.61. The van der Waals surface area contributed by atoms with Crippen LogP contribution in [0.4, 0.5) is 0 Å². The Morgan fingerprint density at radius 3 is 2.35 bits per heavy atom. The summed E-state index contributed by atoms with van der Waals surface area (Å²) < 4.78 is 10.2. The van der Waals surface area contributed by atoms with Crippen LogP contribution in [0, 0.1) is 20.8 Å². The molecule has 2 aromatic rings. The van der Waals surface area contributed by atoms with Gasteiger partial charge in [0.2, 0.25) is 11.5 Å². The lowest BCUT2D eigenvalue weighted by molar-refractivity contribution is 0.0286. The summed E-state index contributed by atoms with van der Waals surface area (Å²) in [5, 5.41) is 0. The van der Waals surface area contributed by atoms with Gasteiger partial charge in [0.05, 0.1) is 12.0 Å². The second-order valence-electron chi connectivity index (χ2n) is 5.53. The maximum atomic E-state index is 12.5. The summed E-state index contributed by atoms with van der Waals surface area (Å²) in [6, 6.07) is 1.64. The Bertz CT molecular complexity index is 781. The normalized spacial score (nSPS) is 12.0. The Labute approximate surface area is 133 Å². The number of nitrogens with one attached hydrogen (secondary N) is 1. The summed E-state index contributed by atoms with van der Waals surface area (Å²) in [6.07, 6.45) is 0.388. The average Bonchev–Trinajstić information content (AvgIpc) is 3.01. The fourth-order valence-electron chi connectivity index (χ4n) is 2.58. The number of ketones is 2. The standard InChI is InChI=1S/C17H19NO5/c1-8-6-7-22-16(8)17(21)23-12(5)15(20)14-9(2)13(11(4)19)10(3)18-14/h6-7,12,18H,1-5H3/t12-/m1/s1. The molecular weight excluding hydrogens is 298 g/mol. The Morgan fingerprint density at radius 2 is 1.87 bits per heavy atom. The van der Waals surface area contributed by atoms with Crippen LogP contribution >= 0.6 is 0 Å². The third-order valence-electron chi connectivity index (χ3n) is 3.74. The van der Waals surface area contributed by atoms with E-state index in [9.17, 15) is 14.4 Å². The first kappa shape index (κ1) is 16.7. The lowest BCUT2D eigenvalue weighted by Crippen LogP contribution is -2.25. The number of aromatic amines is 1. The lowest BCUT2D eigenvalue weighted by atomic mass is 10.0. The summed E-state index contributed by atoms with van der Waals surface area (Å²) in [5.74, 6) is -1.13. The van der Waals surface area contributed by atoms with E-state index in [-0.39, 0.29) is 17.2 Å². The zero-order chi connectivity index (χ0) is 17.3. The molecule has 0 radical (unpaired) electrons. The number of carbonyl (C=O) groups is 3. The van der Waals surface area contributed by atoms with Crippen LogP contribution < -0.4 is 0 Å². The lowest BCUT2D eigenvalue weighted by Gasteiger charge is -2.11. The number of hydrogen-bond donors (Lipinski definition) is 1. The molecule has 2 aromatic heterocycles. The number of aromatic nitrogens is 1. The number of carbonyl (C=O) groups excluding carboxylic acids is 3. The topological polar surface area (TPSA) is 89.4 Å². The van der Waals surface area contributed by atoms with Crippen molar-refractivity contribution in [2.45, 2.75) is 40.7 Å². The monoisotopic (exact) mass is 317 g/mol. The Kier molecular flexibility index (Phi) is 4.54. The minimum absolute atomic E-state index is 0.0773. The van der Waals surface area contributed by atoms with Crippen LogP contribution in [0.15, 0.2) is 16.7 Å². The fourth-order valence-corrected chi connectivity index (χ4v) is 2.58. The molecule has 122 valence electrons. The number of rotatable bonds is 5. The third-order valence-corrected chi connectivity index (χ3v) is 3.74. The maximum absolute atomic E-state index is 12.5. The molecule has 0 aliphatic heterocycles. The van der Waals surface area contributed by atoms with Gasteiger partial charge in [-0.05, 0) is 46.2 Å². The number of esters is 1. The smallest absolute Gasteiger partial charge is 0.375 e. The molecule has 0 aromatic carbocycles. The zero-order valence-electron chi connectivity index (χ0n) is 13.8. The predicted octanol–water partition coefficient (Wildman–Crippen LogP) is 3.16. The molecule has 1 atom stereocenters. The molecule has 0 unspecified atom stereocenters. The molecular formula is C17H19NO5. The summed E-state index contributed by atoms with van der Waals surface area (Å²) in [6.45, 7) is 8.06. The molecule has 23 heavy (non-hydrogen) atoms. The highest BCUT2D eigenvalue weighted by Crippen LogP contribution is 2.21. The van der Waals surface area contributed by atoms with Crippen molar-refractivity contribution in [3.63, 3.8) is 0 Å². The van der Waals surface area contributed by atoms with Crippen molar-refractivity contribution in [2.75, 3.05) is 0 Å². The maximum Gasteiger partial charge on any atom is 0.375 e. The molecule has 0 aliphatic carbocycles. The van der Waals surface area contributed by atoms with Gasteiger partial charge in [0, 0.05) is 16.8 Å². The van der Waals surface area contributed by atoms with Gasteiger partial charge >= 0.3 is 5.97 Å². The number of hydrogen-bond acceptors (Lipinski definition) is 5. The van der Waals surface area contributed by atoms with Crippen molar-refractivity contribution in [2.24, 2.45) is 0 Å². The van der Waals surface area contributed by atoms with Crippen molar-refractivity contribution in [3.05, 3.63) is 46.2 Å². The molecule has 6 heteroatoms. The first-order valence-electron chi connectivity index (χ1n) is 7.23. The van der Waals surface area contributed by atoms with E-state index >= 15 is 0 Å². The van der Waals surface area contributed by atoms with Gasteiger partial charge in [-0.15, -0.1) is 0 Å². The molecule has 0 fully saturated rings. The average molecular weight is 317 g/mol. The van der Waals surface area contributed by atoms with Crippen LogP contribution in [0.3, 0.4) is 0 Å². The number of H-pyrrole nitrogens is 1. The SMILES string of the molecule is CC(=O)c1c(C)[nH]c(C(=O)[C@@H](C)OC(=O)c2occc2C)c1C. The summed E-state index contributed by atoms with van der Waals surface area (Å²) >= 11 is 0. The van der Waals surface area contributed by atoms with Crippen molar-refractivity contribution >= 4 is 17.5 Å². The highest BCUT2D eigenvalue weighted by atomic mass is 16.6. The van der Waals surface area contributed by atoms with E-state index in [0.29, 0.717) is 22.4 Å². The number of furan rings is 1. The molecule has 0 amide bonds. The van der Waals surface area contributed by atoms with Crippen molar-refractivity contribution in [3.8, 4) is 0 Å². The molecule has 0 aliphatic rings. The van der Waals surface area contributed by atoms with Crippen molar-refractivity contribution in [1.82, 2.24) is 4.98 Å². The summed E-state index contributed by atoms with van der Waals surface area (Å²) in [7, 11) is 0. The highest BCUT2D eigenvalue weighted by molar-refractivity contribution is 6.05. The Balaban J connectivity index is 2.21. The van der Waals surface area contributed by atoms with Crippen molar-refractivity contribution < 1.29 is 23.5 Å². The quantitative estimate of drug-likeness (QED) is 0.676. The van der Waals surface area contributed by atoms with Gasteiger partial charge in [-0.25, -0.2) is 4.79 Å². The van der Waals surface area contributed by atoms with Crippen LogP contribution in [0.2, 0.25) is 0 Å². The number of ether oxygens (including phenoxy) is 1. The van der Waals surface area contributed by atoms with Crippen LogP contribution in [0.1, 0.15) is 62.1 Å². The molecule has 0 saturated heterocycles. The third kappa shape index (κ3) is 3.11. The van der Waals surface area contributed by atoms with Gasteiger partial charge in [-0.3, -0.25) is 9.59 Å². The van der Waals surface area contributed by atoms with Gasteiger partial charge in [-0.2, -0.15) is 0 Å². The van der Waals surface area contributed by atoms with E-state index in [1.165, 1.54) is 20.1 Å². The van der Waals surface area contributed by atoms with E-state index in [1.54, 1.807) is 26.8 Å². The van der Waals surface area contributed by atoms with Crippen LogP contribution in [0.5, 0.6) is 0 Å². The molecule has 2 rings (SSSR count). The molecule has 2 heterocycles. The van der Waals surface area contributed by atoms with E-state index in [4.69, 9.17) is 9.15 Å². The minimum atomic E-state index is -0.997. The van der Waals surface area contributed by atoms with Crippen LogP contribution in [-0.2, 0) is 4.74 Å². The molecule has 1 N–H and O–H groups in total. The van der Waals surface area contributed by atoms with E-state index in [0.717, 1.165) is 0 Å².